The summed E-state index contributed by atoms with van der Waals surface area (Å²) >= 11 is 1.40. The van der Waals surface area contributed by atoms with Crippen LogP contribution in [0.1, 0.15) is 21.5 Å². The van der Waals surface area contributed by atoms with Gasteiger partial charge >= 0.3 is 5.97 Å². The van der Waals surface area contributed by atoms with Gasteiger partial charge in [-0.25, -0.2) is 0 Å². The van der Waals surface area contributed by atoms with E-state index in [1.54, 1.807) is 18.2 Å². The van der Waals surface area contributed by atoms with E-state index in [-0.39, 0.29) is 18.1 Å². The minimum Gasteiger partial charge on any atom is -0.497 e. The fraction of sp³-hybridized carbons (Fsp3) is 0.300. The van der Waals surface area contributed by atoms with Gasteiger partial charge in [0.25, 0.3) is 0 Å². The predicted octanol–water partition coefficient (Wildman–Crippen LogP) is 3.84. The third kappa shape index (κ3) is 5.26. The molecule has 2 aromatic rings. The summed E-state index contributed by atoms with van der Waals surface area (Å²) in [6.45, 7) is 3.70. The van der Waals surface area contributed by atoms with E-state index in [1.165, 1.54) is 31.5 Å². The predicted molar refractivity (Wildman–Crippen MR) is 101 cm³/mol. The number of carbonyl (C=O) groups excluding carboxylic acids is 2. The first-order chi connectivity index (χ1) is 12.4. The number of Topliss-reactive ketones (excluding diaryl/α,β-unsaturated/α-hetero) is 1. The molecule has 0 amide bonds. The zero-order valence-corrected chi connectivity index (χ0v) is 16.1. The summed E-state index contributed by atoms with van der Waals surface area (Å²) in [6, 6.07) is 10.9. The van der Waals surface area contributed by atoms with Gasteiger partial charge in [0.1, 0.15) is 11.5 Å². The van der Waals surface area contributed by atoms with Crippen LogP contribution in [-0.4, -0.2) is 38.3 Å². The van der Waals surface area contributed by atoms with E-state index in [2.05, 4.69) is 6.07 Å². The SMILES string of the molecule is COc1ccc(C(=O)COC(=O)CSc2ccc(C)cc2C)c(OC)c1. The number of esters is 1. The molecule has 0 spiro atoms. The standard InChI is InChI=1S/C20H22O5S/c1-13-5-8-19(14(2)9-13)26-12-20(22)25-11-17(21)16-7-6-15(23-3)10-18(16)24-4/h5-10H,11-12H2,1-4H3. The summed E-state index contributed by atoms with van der Waals surface area (Å²) in [5, 5.41) is 0. The van der Waals surface area contributed by atoms with E-state index < -0.39 is 5.97 Å². The molecule has 0 saturated carbocycles. The summed E-state index contributed by atoms with van der Waals surface area (Å²) in [5.41, 5.74) is 2.64. The molecule has 0 aromatic heterocycles. The van der Waals surface area contributed by atoms with Crippen molar-refractivity contribution in [2.24, 2.45) is 0 Å². The second-order valence-electron chi connectivity index (χ2n) is 5.71. The molecule has 2 aromatic carbocycles. The second kappa shape index (κ2) is 9.29. The fourth-order valence-corrected chi connectivity index (χ4v) is 3.20. The molecule has 0 radical (unpaired) electrons. The number of carbonyl (C=O) groups is 2. The molecule has 0 aliphatic carbocycles. The molecule has 5 nitrogen and oxygen atoms in total. The Morgan fingerprint density at radius 1 is 1.00 bits per heavy atom. The number of hydrogen-bond acceptors (Lipinski definition) is 6. The summed E-state index contributed by atoms with van der Waals surface area (Å²) in [5.74, 6) is 0.359. The monoisotopic (exact) mass is 374 g/mol. The number of methoxy groups -OCH3 is 2. The van der Waals surface area contributed by atoms with Crippen molar-refractivity contribution in [1.82, 2.24) is 0 Å². The van der Waals surface area contributed by atoms with Gasteiger partial charge in [0, 0.05) is 11.0 Å². The Balaban J connectivity index is 1.89. The van der Waals surface area contributed by atoms with Crippen LogP contribution in [-0.2, 0) is 9.53 Å². The minimum absolute atomic E-state index is 0.150. The van der Waals surface area contributed by atoms with Crippen LogP contribution in [0.3, 0.4) is 0 Å². The number of ether oxygens (including phenoxy) is 3. The van der Waals surface area contributed by atoms with Crippen molar-refractivity contribution < 1.29 is 23.8 Å². The highest BCUT2D eigenvalue weighted by molar-refractivity contribution is 8.00. The number of benzene rings is 2. The van der Waals surface area contributed by atoms with Crippen molar-refractivity contribution in [2.75, 3.05) is 26.6 Å². The van der Waals surface area contributed by atoms with Gasteiger partial charge in [-0.3, -0.25) is 9.59 Å². The molecule has 138 valence electrons. The first kappa shape index (κ1) is 19.8. The van der Waals surface area contributed by atoms with Crippen molar-refractivity contribution >= 4 is 23.5 Å². The number of thioether (sulfide) groups is 1. The lowest BCUT2D eigenvalue weighted by atomic mass is 10.1. The van der Waals surface area contributed by atoms with Crippen molar-refractivity contribution in [3.8, 4) is 11.5 Å². The maximum Gasteiger partial charge on any atom is 0.316 e. The van der Waals surface area contributed by atoms with E-state index in [9.17, 15) is 9.59 Å². The van der Waals surface area contributed by atoms with Gasteiger partial charge in [0.15, 0.2) is 6.61 Å². The maximum absolute atomic E-state index is 12.3. The average molecular weight is 374 g/mol. The third-order valence-electron chi connectivity index (χ3n) is 3.75. The molecule has 0 atom stereocenters. The number of hydrogen-bond donors (Lipinski definition) is 0. The molecule has 0 fully saturated rings. The van der Waals surface area contributed by atoms with Crippen molar-refractivity contribution in [1.29, 1.82) is 0 Å². The lowest BCUT2D eigenvalue weighted by Gasteiger charge is -2.10. The van der Waals surface area contributed by atoms with Gasteiger partial charge in [-0.05, 0) is 37.6 Å². The Hall–Kier alpha value is -2.47. The molecule has 0 aliphatic heterocycles. The highest BCUT2D eigenvalue weighted by atomic mass is 32.2. The van der Waals surface area contributed by atoms with Crippen molar-refractivity contribution in [3.05, 3.63) is 53.1 Å². The molecule has 6 heteroatoms. The molecule has 0 unspecified atom stereocenters. The van der Waals surface area contributed by atoms with Gasteiger partial charge in [-0.15, -0.1) is 11.8 Å². The lowest BCUT2D eigenvalue weighted by molar-refractivity contribution is -0.139. The minimum atomic E-state index is -0.434. The molecule has 0 saturated heterocycles. The van der Waals surface area contributed by atoms with Crippen LogP contribution in [0.15, 0.2) is 41.3 Å². The number of aryl methyl sites for hydroxylation is 2. The van der Waals surface area contributed by atoms with Crippen LogP contribution >= 0.6 is 11.8 Å². The summed E-state index contributed by atoms with van der Waals surface area (Å²) in [7, 11) is 3.00. The zero-order chi connectivity index (χ0) is 19.1. The molecular weight excluding hydrogens is 352 g/mol. The Bertz CT molecular complexity index is 801. The second-order valence-corrected chi connectivity index (χ2v) is 6.72. The number of rotatable bonds is 8. The smallest absolute Gasteiger partial charge is 0.316 e. The van der Waals surface area contributed by atoms with Gasteiger partial charge in [0.2, 0.25) is 5.78 Å². The van der Waals surface area contributed by atoms with Crippen molar-refractivity contribution in [2.45, 2.75) is 18.7 Å². The molecule has 0 heterocycles. The molecule has 26 heavy (non-hydrogen) atoms. The Morgan fingerprint density at radius 2 is 1.77 bits per heavy atom. The van der Waals surface area contributed by atoms with Crippen LogP contribution in [0.25, 0.3) is 0 Å². The van der Waals surface area contributed by atoms with Gasteiger partial charge < -0.3 is 14.2 Å². The quantitative estimate of drug-likeness (QED) is 0.397. The van der Waals surface area contributed by atoms with E-state index in [1.807, 2.05) is 26.0 Å². The van der Waals surface area contributed by atoms with Crippen LogP contribution in [0, 0.1) is 13.8 Å². The average Bonchev–Trinajstić information content (AvgIpc) is 2.64. The Morgan fingerprint density at radius 3 is 2.42 bits per heavy atom. The third-order valence-corrected chi connectivity index (χ3v) is 4.90. The zero-order valence-electron chi connectivity index (χ0n) is 15.3. The lowest BCUT2D eigenvalue weighted by Crippen LogP contribution is -2.16. The number of ketones is 1. The Labute approximate surface area is 157 Å². The molecule has 0 N–H and O–H groups in total. The van der Waals surface area contributed by atoms with Gasteiger partial charge in [-0.2, -0.15) is 0 Å². The van der Waals surface area contributed by atoms with Crippen LogP contribution < -0.4 is 9.47 Å². The first-order valence-electron chi connectivity index (χ1n) is 8.05. The van der Waals surface area contributed by atoms with Crippen LogP contribution in [0.5, 0.6) is 11.5 Å². The highest BCUT2D eigenvalue weighted by Crippen LogP contribution is 2.25. The van der Waals surface area contributed by atoms with E-state index in [0.29, 0.717) is 17.1 Å². The first-order valence-corrected chi connectivity index (χ1v) is 9.04. The fourth-order valence-electron chi connectivity index (χ4n) is 2.39. The van der Waals surface area contributed by atoms with Crippen molar-refractivity contribution in [3.63, 3.8) is 0 Å². The molecule has 0 bridgehead atoms. The molecular formula is C20H22O5S. The topological polar surface area (TPSA) is 61.8 Å². The van der Waals surface area contributed by atoms with Crippen LogP contribution in [0.2, 0.25) is 0 Å². The summed E-state index contributed by atoms with van der Waals surface area (Å²) in [6.07, 6.45) is 0. The Kier molecular flexibility index (Phi) is 7.09. The summed E-state index contributed by atoms with van der Waals surface area (Å²) < 4.78 is 15.4. The van der Waals surface area contributed by atoms with E-state index in [0.717, 1.165) is 10.5 Å². The van der Waals surface area contributed by atoms with Gasteiger partial charge in [0.05, 0.1) is 25.5 Å². The highest BCUT2D eigenvalue weighted by Gasteiger charge is 2.16. The maximum atomic E-state index is 12.3. The normalized spacial score (nSPS) is 10.3. The van der Waals surface area contributed by atoms with Gasteiger partial charge in [-0.1, -0.05) is 17.7 Å². The molecule has 2 rings (SSSR count). The van der Waals surface area contributed by atoms with E-state index in [4.69, 9.17) is 14.2 Å². The van der Waals surface area contributed by atoms with Crippen LogP contribution in [0.4, 0.5) is 0 Å². The largest absolute Gasteiger partial charge is 0.497 e. The molecule has 0 aliphatic rings. The van der Waals surface area contributed by atoms with E-state index >= 15 is 0 Å². The summed E-state index contributed by atoms with van der Waals surface area (Å²) in [4.78, 5) is 25.3.